The van der Waals surface area contributed by atoms with Crippen molar-refractivity contribution in [2.24, 2.45) is 0 Å². The summed E-state index contributed by atoms with van der Waals surface area (Å²) in [6.07, 6.45) is -0.538. The van der Waals surface area contributed by atoms with Crippen LogP contribution in [0.15, 0.2) is 47.0 Å². The second kappa shape index (κ2) is 9.05. The minimum atomic E-state index is -0.971. The summed E-state index contributed by atoms with van der Waals surface area (Å²) in [6.45, 7) is -0.239. The van der Waals surface area contributed by atoms with Crippen LogP contribution in [0, 0.1) is 11.6 Å². The average Bonchev–Trinajstić information content (AvgIpc) is 3.19. The Balaban J connectivity index is 1.49. The number of nitrogens with zero attached hydrogens (tertiary/aromatic N) is 2. The summed E-state index contributed by atoms with van der Waals surface area (Å²) in [4.78, 5) is 27.9. The van der Waals surface area contributed by atoms with Gasteiger partial charge in [0.2, 0.25) is 5.82 Å². The number of carbonyl (C=O) groups is 2. The largest absolute Gasteiger partial charge is 0.497 e. The predicted molar refractivity (Wildman–Crippen MR) is 96.0 cm³/mol. The van der Waals surface area contributed by atoms with Gasteiger partial charge < -0.3 is 14.0 Å². The zero-order chi connectivity index (χ0) is 20.8. The van der Waals surface area contributed by atoms with Crippen molar-refractivity contribution in [3.8, 4) is 17.2 Å². The molecule has 0 unspecified atom stereocenters. The van der Waals surface area contributed by atoms with Gasteiger partial charge in [-0.25, -0.2) is 8.78 Å². The van der Waals surface area contributed by atoms with Crippen molar-refractivity contribution in [3.63, 3.8) is 0 Å². The van der Waals surface area contributed by atoms with E-state index in [1.54, 1.807) is 31.4 Å². The number of Topliss-reactive ketones (excluding diaryl/α,β-unsaturated/α-hetero) is 1. The normalized spacial score (nSPS) is 10.6. The lowest BCUT2D eigenvalue weighted by Crippen LogP contribution is -2.10. The molecule has 3 rings (SSSR count). The lowest BCUT2D eigenvalue weighted by Gasteiger charge is -2.03. The number of methoxy groups -OCH3 is 1. The second-order valence-corrected chi connectivity index (χ2v) is 5.95. The minimum absolute atomic E-state index is 0.153. The molecule has 0 aliphatic carbocycles. The number of halogens is 2. The van der Waals surface area contributed by atoms with Crippen molar-refractivity contribution in [2.75, 3.05) is 7.11 Å². The van der Waals surface area contributed by atoms with Crippen LogP contribution in [0.1, 0.15) is 29.0 Å². The first-order valence-corrected chi connectivity index (χ1v) is 8.57. The highest BCUT2D eigenvalue weighted by Gasteiger charge is 2.16. The molecule has 7 nitrogen and oxygen atoms in total. The van der Waals surface area contributed by atoms with Crippen molar-refractivity contribution in [1.29, 1.82) is 0 Å². The summed E-state index contributed by atoms with van der Waals surface area (Å²) in [5, 5.41) is 3.72. The Labute approximate surface area is 164 Å². The summed E-state index contributed by atoms with van der Waals surface area (Å²) in [6, 6.07) is 9.58. The lowest BCUT2D eigenvalue weighted by molar-refractivity contribution is -0.145. The molecule has 0 aliphatic rings. The molecule has 0 radical (unpaired) electrons. The molecule has 0 N–H and O–H groups in total. The van der Waals surface area contributed by atoms with E-state index in [9.17, 15) is 18.4 Å². The molecule has 1 aromatic heterocycles. The van der Waals surface area contributed by atoms with Gasteiger partial charge in [-0.2, -0.15) is 4.98 Å². The first-order valence-electron chi connectivity index (χ1n) is 8.57. The van der Waals surface area contributed by atoms with Gasteiger partial charge in [0.05, 0.1) is 19.1 Å². The van der Waals surface area contributed by atoms with Gasteiger partial charge in [-0.05, 0) is 36.4 Å². The zero-order valence-electron chi connectivity index (χ0n) is 15.4. The van der Waals surface area contributed by atoms with Gasteiger partial charge in [0, 0.05) is 18.1 Å². The number of benzene rings is 2. The number of aromatic nitrogens is 2. The summed E-state index contributed by atoms with van der Waals surface area (Å²) in [5.74, 6) is -1.98. The highest BCUT2D eigenvalue weighted by Crippen LogP contribution is 2.21. The molecule has 29 heavy (non-hydrogen) atoms. The minimum Gasteiger partial charge on any atom is -0.497 e. The highest BCUT2D eigenvalue weighted by molar-refractivity contribution is 5.97. The van der Waals surface area contributed by atoms with Gasteiger partial charge in [-0.3, -0.25) is 9.59 Å². The van der Waals surface area contributed by atoms with Crippen molar-refractivity contribution < 1.29 is 32.4 Å². The molecule has 2 aromatic carbocycles. The van der Waals surface area contributed by atoms with Crippen molar-refractivity contribution in [1.82, 2.24) is 10.1 Å². The summed E-state index contributed by atoms with van der Waals surface area (Å²) in [7, 11) is 1.55. The first-order chi connectivity index (χ1) is 14.0. The Morgan fingerprint density at radius 3 is 2.52 bits per heavy atom. The van der Waals surface area contributed by atoms with E-state index in [1.807, 2.05) is 0 Å². The monoisotopic (exact) mass is 402 g/mol. The van der Waals surface area contributed by atoms with Crippen molar-refractivity contribution in [3.05, 3.63) is 65.5 Å². The fraction of sp³-hybridized carbons (Fsp3) is 0.200. The Morgan fingerprint density at radius 1 is 1.07 bits per heavy atom. The number of hydrogen-bond donors (Lipinski definition) is 0. The number of carbonyl (C=O) groups excluding carboxylic acids is 2. The van der Waals surface area contributed by atoms with Crippen LogP contribution in [0.2, 0.25) is 0 Å². The highest BCUT2D eigenvalue weighted by atomic mass is 19.1. The van der Waals surface area contributed by atoms with Gasteiger partial charge in [-0.15, -0.1) is 0 Å². The van der Waals surface area contributed by atoms with Crippen LogP contribution in [0.3, 0.4) is 0 Å². The molecule has 0 atom stereocenters. The van der Waals surface area contributed by atoms with Gasteiger partial charge in [0.15, 0.2) is 12.4 Å². The number of hydrogen-bond acceptors (Lipinski definition) is 7. The van der Waals surface area contributed by atoms with Crippen LogP contribution in [-0.4, -0.2) is 29.0 Å². The standard InChI is InChI=1S/C20H16F2N2O5/c1-27-14-5-2-12(3-6-14)20-23-18(24-29-20)11-28-19(26)9-8-17(25)15-7-4-13(21)10-16(15)22/h2-7,10H,8-9,11H2,1H3. The van der Waals surface area contributed by atoms with E-state index in [4.69, 9.17) is 14.0 Å². The molecular formula is C20H16F2N2O5. The van der Waals surface area contributed by atoms with Crippen LogP contribution in [-0.2, 0) is 16.1 Å². The number of esters is 1. The maximum atomic E-state index is 13.6. The quantitative estimate of drug-likeness (QED) is 0.419. The van der Waals surface area contributed by atoms with Gasteiger partial charge in [-0.1, -0.05) is 5.16 Å². The SMILES string of the molecule is COc1ccc(-c2nc(COC(=O)CCC(=O)c3ccc(F)cc3F)no2)cc1. The number of ether oxygens (including phenoxy) is 2. The van der Waals surface area contributed by atoms with E-state index in [0.29, 0.717) is 17.4 Å². The van der Waals surface area contributed by atoms with E-state index in [-0.39, 0.29) is 36.7 Å². The van der Waals surface area contributed by atoms with Crippen LogP contribution < -0.4 is 4.74 Å². The number of rotatable bonds is 8. The Kier molecular flexibility index (Phi) is 6.28. The topological polar surface area (TPSA) is 91.5 Å². The van der Waals surface area contributed by atoms with Gasteiger partial charge in [0.25, 0.3) is 5.89 Å². The van der Waals surface area contributed by atoms with E-state index in [1.165, 1.54) is 0 Å². The first kappa shape index (κ1) is 20.1. The molecule has 0 saturated carbocycles. The lowest BCUT2D eigenvalue weighted by atomic mass is 10.1. The molecule has 150 valence electrons. The van der Waals surface area contributed by atoms with Crippen LogP contribution >= 0.6 is 0 Å². The predicted octanol–water partition coefficient (Wildman–Crippen LogP) is 3.73. The van der Waals surface area contributed by atoms with E-state index in [2.05, 4.69) is 10.1 Å². The average molecular weight is 402 g/mol. The molecule has 1 heterocycles. The molecule has 3 aromatic rings. The molecule has 0 aliphatic heterocycles. The number of ketones is 1. The Hall–Kier alpha value is -3.62. The van der Waals surface area contributed by atoms with Crippen LogP contribution in [0.25, 0.3) is 11.5 Å². The fourth-order valence-electron chi connectivity index (χ4n) is 2.45. The Bertz CT molecular complexity index is 1020. The Morgan fingerprint density at radius 2 is 1.83 bits per heavy atom. The molecule has 0 saturated heterocycles. The third-order valence-electron chi connectivity index (χ3n) is 3.96. The molecule has 0 amide bonds. The van der Waals surface area contributed by atoms with Gasteiger partial charge >= 0.3 is 5.97 Å². The fourth-order valence-corrected chi connectivity index (χ4v) is 2.45. The zero-order valence-corrected chi connectivity index (χ0v) is 15.4. The van der Waals surface area contributed by atoms with Crippen molar-refractivity contribution in [2.45, 2.75) is 19.4 Å². The van der Waals surface area contributed by atoms with Gasteiger partial charge in [0.1, 0.15) is 17.4 Å². The van der Waals surface area contributed by atoms with Crippen LogP contribution in [0.5, 0.6) is 5.75 Å². The van der Waals surface area contributed by atoms with Crippen LogP contribution in [0.4, 0.5) is 8.78 Å². The molecule has 0 fully saturated rings. The maximum Gasteiger partial charge on any atom is 0.306 e. The third kappa shape index (κ3) is 5.22. The summed E-state index contributed by atoms with van der Waals surface area (Å²) < 4.78 is 41.6. The molecule has 9 heteroatoms. The molecule has 0 bridgehead atoms. The summed E-state index contributed by atoms with van der Waals surface area (Å²) in [5.41, 5.74) is 0.393. The summed E-state index contributed by atoms with van der Waals surface area (Å²) >= 11 is 0. The molecular weight excluding hydrogens is 386 g/mol. The smallest absolute Gasteiger partial charge is 0.306 e. The third-order valence-corrected chi connectivity index (χ3v) is 3.96. The van der Waals surface area contributed by atoms with E-state index >= 15 is 0 Å². The maximum absolute atomic E-state index is 13.6. The molecule has 0 spiro atoms. The van der Waals surface area contributed by atoms with E-state index in [0.717, 1.165) is 12.1 Å². The van der Waals surface area contributed by atoms with Crippen molar-refractivity contribution >= 4 is 11.8 Å². The van der Waals surface area contributed by atoms with E-state index < -0.39 is 23.4 Å². The second-order valence-electron chi connectivity index (χ2n) is 5.95.